The lowest BCUT2D eigenvalue weighted by Gasteiger charge is -2.22. The van der Waals surface area contributed by atoms with Gasteiger partial charge in [0.25, 0.3) is 11.5 Å². The average molecular weight is 271 g/mol. The third-order valence-corrected chi connectivity index (χ3v) is 4.73. The lowest BCUT2D eigenvalue weighted by Crippen LogP contribution is -2.38. The maximum Gasteiger partial charge on any atom is 0.274 e. The van der Waals surface area contributed by atoms with Crippen LogP contribution in [0.15, 0.2) is 16.9 Å². The minimum absolute atomic E-state index is 0.0153. The topological polar surface area (TPSA) is 100 Å². The van der Waals surface area contributed by atoms with E-state index in [9.17, 15) is 18.0 Å². The highest BCUT2D eigenvalue weighted by Crippen LogP contribution is 2.17. The van der Waals surface area contributed by atoms with Gasteiger partial charge >= 0.3 is 0 Å². The van der Waals surface area contributed by atoms with Crippen LogP contribution in [0.25, 0.3) is 0 Å². The molecule has 2 rings (SSSR count). The van der Waals surface area contributed by atoms with Crippen LogP contribution in [0, 0.1) is 0 Å². The number of H-pyrrole nitrogens is 1. The van der Waals surface area contributed by atoms with E-state index in [1.165, 1.54) is 17.0 Å². The van der Waals surface area contributed by atoms with E-state index >= 15 is 0 Å². The molecule has 0 spiro atoms. The fourth-order valence-corrected chi connectivity index (χ4v) is 3.67. The van der Waals surface area contributed by atoms with Gasteiger partial charge in [0, 0.05) is 19.2 Å². The summed E-state index contributed by atoms with van der Waals surface area (Å²) in [6, 6.07) is 2.21. The van der Waals surface area contributed by atoms with Crippen LogP contribution in [0.2, 0.25) is 0 Å². The number of amides is 1. The second-order valence-electron chi connectivity index (χ2n) is 4.28. The lowest BCUT2D eigenvalue weighted by molar-refractivity contribution is 0.0740. The zero-order chi connectivity index (χ0) is 13.3. The van der Waals surface area contributed by atoms with Gasteiger partial charge in [0.15, 0.2) is 9.84 Å². The van der Waals surface area contributed by atoms with E-state index in [-0.39, 0.29) is 23.2 Å². The van der Waals surface area contributed by atoms with Gasteiger partial charge in [0.05, 0.1) is 11.5 Å². The number of hydrogen-bond donors (Lipinski definition) is 1. The molecule has 2 heterocycles. The van der Waals surface area contributed by atoms with E-state index in [2.05, 4.69) is 10.2 Å². The molecule has 98 valence electrons. The molecular weight excluding hydrogens is 258 g/mol. The van der Waals surface area contributed by atoms with Crippen molar-refractivity contribution in [1.82, 2.24) is 15.1 Å². The number of sulfone groups is 1. The molecule has 1 aromatic rings. The SMILES string of the molecule is CN(C(=O)c1ccc(=O)[nH]n1)C1CCS(=O)(=O)C1. The number of aromatic nitrogens is 2. The number of nitrogens with one attached hydrogen (secondary N) is 1. The number of carbonyl (C=O) groups excluding carboxylic acids is 1. The molecular formula is C10H13N3O4S. The maximum atomic E-state index is 12.0. The van der Waals surface area contributed by atoms with Gasteiger partial charge in [-0.2, -0.15) is 5.10 Å². The van der Waals surface area contributed by atoms with Crippen LogP contribution in [0.1, 0.15) is 16.9 Å². The van der Waals surface area contributed by atoms with Gasteiger partial charge in [-0.1, -0.05) is 0 Å². The van der Waals surface area contributed by atoms with E-state index in [0.29, 0.717) is 6.42 Å². The lowest BCUT2D eigenvalue weighted by atomic mass is 10.2. The minimum Gasteiger partial charge on any atom is -0.336 e. The first-order chi connectivity index (χ1) is 8.39. The summed E-state index contributed by atoms with van der Waals surface area (Å²) in [7, 11) is -1.49. The maximum absolute atomic E-state index is 12.0. The van der Waals surface area contributed by atoms with Crippen molar-refractivity contribution in [2.24, 2.45) is 0 Å². The average Bonchev–Trinajstić information content (AvgIpc) is 2.69. The van der Waals surface area contributed by atoms with Gasteiger partial charge < -0.3 is 4.90 Å². The Balaban J connectivity index is 2.14. The van der Waals surface area contributed by atoms with Crippen molar-refractivity contribution in [3.63, 3.8) is 0 Å². The molecule has 1 aliphatic heterocycles. The van der Waals surface area contributed by atoms with Crippen LogP contribution in [0.4, 0.5) is 0 Å². The molecule has 18 heavy (non-hydrogen) atoms. The molecule has 7 nitrogen and oxygen atoms in total. The fourth-order valence-electron chi connectivity index (χ4n) is 1.89. The van der Waals surface area contributed by atoms with Crippen LogP contribution in [0.5, 0.6) is 0 Å². The summed E-state index contributed by atoms with van der Waals surface area (Å²) in [6.45, 7) is 0. The molecule has 1 saturated heterocycles. The zero-order valence-corrected chi connectivity index (χ0v) is 10.6. The summed E-state index contributed by atoms with van der Waals surface area (Å²) >= 11 is 0. The Bertz CT molecular complexity index is 602. The first kappa shape index (κ1) is 12.7. The van der Waals surface area contributed by atoms with E-state index < -0.39 is 21.3 Å². The Kier molecular flexibility index (Phi) is 3.20. The molecule has 1 fully saturated rings. The van der Waals surface area contributed by atoms with Gasteiger partial charge in [0.1, 0.15) is 5.69 Å². The van der Waals surface area contributed by atoms with Crippen LogP contribution in [-0.2, 0) is 9.84 Å². The van der Waals surface area contributed by atoms with Crippen molar-refractivity contribution in [2.45, 2.75) is 12.5 Å². The quantitative estimate of drug-likeness (QED) is 0.746. The first-order valence-electron chi connectivity index (χ1n) is 5.42. The Morgan fingerprint density at radius 2 is 2.22 bits per heavy atom. The summed E-state index contributed by atoms with van der Waals surface area (Å²) in [6.07, 6.45) is 0.438. The van der Waals surface area contributed by atoms with Crippen molar-refractivity contribution in [3.05, 3.63) is 28.2 Å². The van der Waals surface area contributed by atoms with Crippen LogP contribution in [0.3, 0.4) is 0 Å². The van der Waals surface area contributed by atoms with Crippen molar-refractivity contribution >= 4 is 15.7 Å². The van der Waals surface area contributed by atoms with E-state index in [1.807, 2.05) is 0 Å². The predicted octanol–water partition coefficient (Wildman–Crippen LogP) is -0.971. The van der Waals surface area contributed by atoms with Crippen molar-refractivity contribution in [1.29, 1.82) is 0 Å². The van der Waals surface area contributed by atoms with Crippen LogP contribution in [-0.4, -0.2) is 54.0 Å². The molecule has 8 heteroatoms. The number of aromatic amines is 1. The molecule has 0 aliphatic carbocycles. The molecule has 1 N–H and O–H groups in total. The predicted molar refractivity (Wildman–Crippen MR) is 64.0 cm³/mol. The molecule has 0 aromatic carbocycles. The number of carbonyl (C=O) groups is 1. The summed E-state index contributed by atoms with van der Waals surface area (Å²) in [5, 5.41) is 5.80. The van der Waals surface area contributed by atoms with Gasteiger partial charge in [0.2, 0.25) is 0 Å². The highest BCUT2D eigenvalue weighted by molar-refractivity contribution is 7.91. The van der Waals surface area contributed by atoms with Crippen LogP contribution < -0.4 is 5.56 Å². The number of nitrogens with zero attached hydrogens (tertiary/aromatic N) is 2. The standard InChI is InChI=1S/C10H13N3O4S/c1-13(7-4-5-18(16,17)6-7)10(15)8-2-3-9(14)12-11-8/h2-3,7H,4-6H2,1H3,(H,12,14). The molecule has 1 aliphatic rings. The highest BCUT2D eigenvalue weighted by atomic mass is 32.2. The van der Waals surface area contributed by atoms with Gasteiger partial charge in [-0.3, -0.25) is 9.59 Å². The second-order valence-corrected chi connectivity index (χ2v) is 6.51. The summed E-state index contributed by atoms with van der Waals surface area (Å²) in [5.74, 6) is -0.305. The summed E-state index contributed by atoms with van der Waals surface area (Å²) in [5.41, 5.74) is -0.293. The smallest absolute Gasteiger partial charge is 0.274 e. The molecule has 0 saturated carbocycles. The molecule has 1 amide bonds. The normalized spacial score (nSPS) is 21.7. The zero-order valence-electron chi connectivity index (χ0n) is 9.79. The molecule has 0 radical (unpaired) electrons. The largest absolute Gasteiger partial charge is 0.336 e. The Morgan fingerprint density at radius 1 is 1.50 bits per heavy atom. The Morgan fingerprint density at radius 3 is 2.72 bits per heavy atom. The fraction of sp³-hybridized carbons (Fsp3) is 0.500. The molecule has 1 aromatic heterocycles. The minimum atomic E-state index is -3.04. The summed E-state index contributed by atoms with van der Waals surface area (Å²) in [4.78, 5) is 24.2. The summed E-state index contributed by atoms with van der Waals surface area (Å²) < 4.78 is 22.7. The van der Waals surface area contributed by atoms with Crippen molar-refractivity contribution < 1.29 is 13.2 Å². The van der Waals surface area contributed by atoms with Gasteiger partial charge in [-0.05, 0) is 12.5 Å². The molecule has 0 bridgehead atoms. The van der Waals surface area contributed by atoms with Crippen LogP contribution >= 0.6 is 0 Å². The Labute approximate surface area is 104 Å². The van der Waals surface area contributed by atoms with Crippen molar-refractivity contribution in [3.8, 4) is 0 Å². The first-order valence-corrected chi connectivity index (χ1v) is 7.24. The van der Waals surface area contributed by atoms with Gasteiger partial charge in [-0.25, -0.2) is 13.5 Å². The van der Waals surface area contributed by atoms with Crippen molar-refractivity contribution in [2.75, 3.05) is 18.6 Å². The van der Waals surface area contributed by atoms with E-state index in [0.717, 1.165) is 0 Å². The van der Waals surface area contributed by atoms with E-state index in [4.69, 9.17) is 0 Å². The third kappa shape index (κ3) is 2.58. The number of hydrogen-bond acceptors (Lipinski definition) is 5. The molecule has 1 unspecified atom stereocenters. The monoisotopic (exact) mass is 271 g/mol. The third-order valence-electron chi connectivity index (χ3n) is 2.97. The Hall–Kier alpha value is -1.70. The van der Waals surface area contributed by atoms with Gasteiger partial charge in [-0.15, -0.1) is 0 Å². The highest BCUT2D eigenvalue weighted by Gasteiger charge is 2.33. The second kappa shape index (κ2) is 4.52. The molecule has 1 atom stereocenters. The number of rotatable bonds is 2. The van der Waals surface area contributed by atoms with E-state index in [1.54, 1.807) is 7.05 Å².